The highest BCUT2D eigenvalue weighted by Crippen LogP contribution is 2.48. The second-order valence-electron chi connectivity index (χ2n) is 7.55. The molecule has 1 atom stereocenters. The smallest absolute Gasteiger partial charge is 0.375 e. The highest BCUT2D eigenvalue weighted by molar-refractivity contribution is 7.80. The third kappa shape index (κ3) is 4.92. The van der Waals surface area contributed by atoms with Crippen LogP contribution in [0, 0.1) is 6.92 Å². The van der Waals surface area contributed by atoms with Gasteiger partial charge in [-0.05, 0) is 72.6 Å². The summed E-state index contributed by atoms with van der Waals surface area (Å²) in [7, 11) is 0. The molecule has 0 amide bonds. The summed E-state index contributed by atoms with van der Waals surface area (Å²) in [5, 5.41) is 6.18. The minimum Gasteiger partial charge on any atom is -0.375 e. The normalized spacial score (nSPS) is 18.8. The molecule has 32 heavy (non-hydrogen) atoms. The van der Waals surface area contributed by atoms with Crippen molar-refractivity contribution in [2.24, 2.45) is 15.8 Å². The predicted molar refractivity (Wildman–Crippen MR) is 128 cm³/mol. The molecule has 0 fully saturated rings. The van der Waals surface area contributed by atoms with Crippen molar-refractivity contribution < 1.29 is 13.2 Å². The molecule has 0 bridgehead atoms. The van der Waals surface area contributed by atoms with Crippen LogP contribution in [-0.4, -0.2) is 41.3 Å². The molecule has 1 aliphatic rings. The average Bonchev–Trinajstić information content (AvgIpc) is 3.15. The Labute approximate surface area is 199 Å². The molecule has 1 unspecified atom stereocenters. The van der Waals surface area contributed by atoms with Crippen molar-refractivity contribution in [3.05, 3.63) is 68.7 Å². The Morgan fingerprint density at radius 2 is 1.91 bits per heavy atom. The fraction of sp³-hybridized carbons (Fsp3) is 0.318. The standard InChI is InChI=1S/C22H21Cl2F3N4S/c1-3-31(20(28)32)30-11-15-5-4-14(6-13(15)2)19-10-21(12-29-19,22(25,26)27)16-7-17(23)9-18(24)8-16/h4-9,11H,3,10,12H2,1-2H3,(H2,28,32). The number of nitrogens with zero attached hydrogens (tertiary/aromatic N) is 3. The number of alkyl halides is 3. The van der Waals surface area contributed by atoms with Gasteiger partial charge >= 0.3 is 6.18 Å². The molecule has 1 heterocycles. The molecule has 0 radical (unpaired) electrons. The van der Waals surface area contributed by atoms with Gasteiger partial charge in [0.2, 0.25) is 0 Å². The first-order valence-electron chi connectivity index (χ1n) is 9.75. The largest absolute Gasteiger partial charge is 0.400 e. The van der Waals surface area contributed by atoms with Crippen LogP contribution in [0.3, 0.4) is 0 Å². The lowest BCUT2D eigenvalue weighted by molar-refractivity contribution is -0.183. The van der Waals surface area contributed by atoms with Gasteiger partial charge in [0.1, 0.15) is 5.41 Å². The Bertz CT molecular complexity index is 1080. The van der Waals surface area contributed by atoms with Gasteiger partial charge in [0, 0.05) is 28.7 Å². The van der Waals surface area contributed by atoms with Gasteiger partial charge in [-0.15, -0.1) is 0 Å². The molecule has 170 valence electrons. The monoisotopic (exact) mass is 500 g/mol. The summed E-state index contributed by atoms with van der Waals surface area (Å²) in [5.41, 5.74) is 6.08. The summed E-state index contributed by atoms with van der Waals surface area (Å²) >= 11 is 16.9. The molecule has 2 aromatic rings. The van der Waals surface area contributed by atoms with E-state index in [9.17, 15) is 13.2 Å². The fourth-order valence-electron chi connectivity index (χ4n) is 3.62. The van der Waals surface area contributed by atoms with Crippen LogP contribution >= 0.6 is 35.4 Å². The van der Waals surface area contributed by atoms with Gasteiger partial charge in [0.25, 0.3) is 0 Å². The summed E-state index contributed by atoms with van der Waals surface area (Å²) in [6.07, 6.45) is -3.21. The topological polar surface area (TPSA) is 54.0 Å². The van der Waals surface area contributed by atoms with E-state index in [2.05, 4.69) is 10.1 Å². The average molecular weight is 501 g/mol. The van der Waals surface area contributed by atoms with Gasteiger partial charge in [-0.25, -0.2) is 5.01 Å². The van der Waals surface area contributed by atoms with Crippen LogP contribution in [0.1, 0.15) is 35.6 Å². The van der Waals surface area contributed by atoms with Crippen molar-refractivity contribution in [2.45, 2.75) is 31.9 Å². The molecule has 4 nitrogen and oxygen atoms in total. The Morgan fingerprint density at radius 1 is 1.25 bits per heavy atom. The number of rotatable bonds is 5. The fourth-order valence-corrected chi connectivity index (χ4v) is 4.33. The van der Waals surface area contributed by atoms with Gasteiger partial charge in [-0.1, -0.05) is 35.3 Å². The van der Waals surface area contributed by atoms with Crippen LogP contribution in [0.5, 0.6) is 0 Å². The van der Waals surface area contributed by atoms with Crippen molar-refractivity contribution in [2.75, 3.05) is 13.1 Å². The van der Waals surface area contributed by atoms with Crippen molar-refractivity contribution in [3.63, 3.8) is 0 Å². The number of aliphatic imine (C=N–C) groups is 1. The minimum absolute atomic E-state index is 0.0131. The molecule has 0 saturated heterocycles. The zero-order valence-electron chi connectivity index (χ0n) is 17.4. The van der Waals surface area contributed by atoms with Crippen LogP contribution in [0.25, 0.3) is 0 Å². The van der Waals surface area contributed by atoms with E-state index in [0.29, 0.717) is 17.8 Å². The molecule has 10 heteroatoms. The van der Waals surface area contributed by atoms with Crippen molar-refractivity contribution in [1.82, 2.24) is 5.01 Å². The minimum atomic E-state index is -4.53. The maximum Gasteiger partial charge on any atom is 0.400 e. The zero-order valence-corrected chi connectivity index (χ0v) is 19.7. The predicted octanol–water partition coefficient (Wildman–Crippen LogP) is 5.89. The van der Waals surface area contributed by atoms with E-state index >= 15 is 0 Å². The number of hydrazone groups is 1. The number of halogens is 5. The molecule has 3 rings (SSSR count). The SMILES string of the molecule is CCN(N=Cc1ccc(C2=NCC(c3cc(Cl)cc(Cl)c3)(C(F)(F)F)C2)cc1C)C(N)=S. The van der Waals surface area contributed by atoms with Gasteiger partial charge in [-0.3, -0.25) is 4.99 Å². The molecule has 0 spiro atoms. The van der Waals surface area contributed by atoms with Crippen LogP contribution < -0.4 is 5.73 Å². The third-order valence-electron chi connectivity index (χ3n) is 5.46. The highest BCUT2D eigenvalue weighted by Gasteiger charge is 2.58. The maximum atomic E-state index is 14.3. The van der Waals surface area contributed by atoms with Crippen LogP contribution in [0.15, 0.2) is 46.5 Å². The molecule has 2 N–H and O–H groups in total. The Morgan fingerprint density at radius 3 is 2.44 bits per heavy atom. The number of nitrogens with two attached hydrogens (primary N) is 1. The maximum absolute atomic E-state index is 14.3. The molecule has 1 aliphatic heterocycles. The summed E-state index contributed by atoms with van der Waals surface area (Å²) in [6.45, 7) is 3.81. The lowest BCUT2D eigenvalue weighted by atomic mass is 9.76. The number of aryl methyl sites for hydroxylation is 1. The van der Waals surface area contributed by atoms with Crippen LogP contribution in [-0.2, 0) is 5.41 Å². The molecular weight excluding hydrogens is 480 g/mol. The van der Waals surface area contributed by atoms with Crippen LogP contribution in [0.4, 0.5) is 13.2 Å². The van der Waals surface area contributed by atoms with Gasteiger partial charge in [-0.2, -0.15) is 18.3 Å². The second kappa shape index (κ2) is 9.37. The van der Waals surface area contributed by atoms with E-state index in [-0.39, 0.29) is 27.1 Å². The van der Waals surface area contributed by atoms with E-state index in [4.69, 9.17) is 41.2 Å². The van der Waals surface area contributed by atoms with Gasteiger partial charge < -0.3 is 5.73 Å². The van der Waals surface area contributed by atoms with Crippen molar-refractivity contribution in [1.29, 1.82) is 0 Å². The van der Waals surface area contributed by atoms with E-state index in [1.54, 1.807) is 24.4 Å². The van der Waals surface area contributed by atoms with E-state index in [1.165, 1.54) is 23.2 Å². The Hall–Kier alpha value is -2.16. The quantitative estimate of drug-likeness (QED) is 0.316. The van der Waals surface area contributed by atoms with Crippen molar-refractivity contribution in [3.8, 4) is 0 Å². The molecular formula is C22H21Cl2F3N4S. The first-order valence-corrected chi connectivity index (χ1v) is 10.9. The second-order valence-corrected chi connectivity index (χ2v) is 8.84. The summed E-state index contributed by atoms with van der Waals surface area (Å²) in [4.78, 5) is 4.28. The Balaban J connectivity index is 1.91. The number of hydrogen-bond acceptors (Lipinski definition) is 3. The zero-order chi connectivity index (χ0) is 23.7. The first kappa shape index (κ1) is 24.5. The third-order valence-corrected chi connectivity index (χ3v) is 6.11. The van der Waals surface area contributed by atoms with Crippen LogP contribution in [0.2, 0.25) is 10.0 Å². The number of benzene rings is 2. The number of thiocarbonyl (C=S) groups is 1. The lowest BCUT2D eigenvalue weighted by Gasteiger charge is -2.31. The van der Waals surface area contributed by atoms with E-state index < -0.39 is 18.1 Å². The van der Waals surface area contributed by atoms with Crippen molar-refractivity contribution >= 4 is 52.5 Å². The molecule has 0 aromatic heterocycles. The highest BCUT2D eigenvalue weighted by atomic mass is 35.5. The van der Waals surface area contributed by atoms with E-state index in [1.807, 2.05) is 13.8 Å². The molecule has 0 saturated carbocycles. The van der Waals surface area contributed by atoms with Gasteiger partial charge in [0.15, 0.2) is 5.11 Å². The summed E-state index contributed by atoms with van der Waals surface area (Å²) < 4.78 is 42.8. The number of hydrogen-bond donors (Lipinski definition) is 1. The first-order chi connectivity index (χ1) is 15.0. The Kier molecular flexibility index (Phi) is 7.17. The molecule has 0 aliphatic carbocycles. The van der Waals surface area contributed by atoms with E-state index in [0.717, 1.165) is 11.1 Å². The molecule has 2 aromatic carbocycles. The van der Waals surface area contributed by atoms with Gasteiger partial charge in [0.05, 0.1) is 12.8 Å². The lowest BCUT2D eigenvalue weighted by Crippen LogP contribution is -2.43. The summed E-state index contributed by atoms with van der Waals surface area (Å²) in [6, 6.07) is 9.36. The summed E-state index contributed by atoms with van der Waals surface area (Å²) in [5.74, 6) is 0.